The number of carbonyl (C=O) groups excluding carboxylic acids is 1. The van der Waals surface area contributed by atoms with Gasteiger partial charge in [0, 0.05) is 11.6 Å². The van der Waals surface area contributed by atoms with Crippen molar-refractivity contribution in [1.29, 1.82) is 0 Å². The summed E-state index contributed by atoms with van der Waals surface area (Å²) in [6, 6.07) is 11.6. The van der Waals surface area contributed by atoms with E-state index in [-0.39, 0.29) is 23.7 Å². The third-order valence-electron chi connectivity index (χ3n) is 4.17. The van der Waals surface area contributed by atoms with Gasteiger partial charge in [-0.25, -0.2) is 9.78 Å². The number of aromatic nitrogens is 1. The molecule has 29 heavy (non-hydrogen) atoms. The molecule has 0 radical (unpaired) electrons. The minimum Gasteiger partial charge on any atom is -0.493 e. The number of ether oxygens (including phenoxy) is 3. The molecule has 9 heteroatoms. The Morgan fingerprint density at radius 1 is 1.14 bits per heavy atom. The van der Waals surface area contributed by atoms with Crippen molar-refractivity contribution in [2.45, 2.75) is 13.5 Å². The Labute approximate surface area is 166 Å². The molecule has 0 aliphatic heterocycles. The number of aryl methyl sites for hydroxylation is 1. The number of carbonyl (C=O) groups is 1. The largest absolute Gasteiger partial charge is 0.493 e. The Balaban J connectivity index is 1.83. The summed E-state index contributed by atoms with van der Waals surface area (Å²) in [5, 5.41) is 11.4. The van der Waals surface area contributed by atoms with E-state index in [1.807, 2.05) is 30.3 Å². The second kappa shape index (κ2) is 8.42. The van der Waals surface area contributed by atoms with Gasteiger partial charge in [0.25, 0.3) is 5.69 Å². The zero-order chi connectivity index (χ0) is 21.0. The number of esters is 1. The lowest BCUT2D eigenvalue weighted by Crippen LogP contribution is -2.10. The highest BCUT2D eigenvalue weighted by Gasteiger charge is 2.26. The Bertz CT molecular complexity index is 1040. The predicted molar refractivity (Wildman–Crippen MR) is 102 cm³/mol. The van der Waals surface area contributed by atoms with E-state index in [2.05, 4.69) is 4.98 Å². The van der Waals surface area contributed by atoms with E-state index in [0.717, 1.165) is 11.6 Å². The molecule has 3 rings (SSSR count). The van der Waals surface area contributed by atoms with E-state index in [9.17, 15) is 14.9 Å². The molecule has 1 heterocycles. The van der Waals surface area contributed by atoms with Crippen molar-refractivity contribution < 1.29 is 28.3 Å². The zero-order valence-electron chi connectivity index (χ0n) is 16.0. The lowest BCUT2D eigenvalue weighted by molar-refractivity contribution is -0.385. The lowest BCUT2D eigenvalue weighted by atomic mass is 10.1. The van der Waals surface area contributed by atoms with Crippen LogP contribution in [0.15, 0.2) is 46.9 Å². The molecule has 0 atom stereocenters. The molecule has 0 unspecified atom stereocenters. The molecule has 2 aromatic carbocycles. The van der Waals surface area contributed by atoms with E-state index in [0.29, 0.717) is 17.3 Å². The molecular weight excluding hydrogens is 380 g/mol. The number of methoxy groups -OCH3 is 2. The van der Waals surface area contributed by atoms with Crippen molar-refractivity contribution >= 4 is 11.7 Å². The van der Waals surface area contributed by atoms with Crippen molar-refractivity contribution in [3.8, 4) is 23.0 Å². The molecule has 0 spiro atoms. The minimum atomic E-state index is -0.888. The van der Waals surface area contributed by atoms with Gasteiger partial charge in [-0.05, 0) is 19.1 Å². The maximum Gasteiger partial charge on any atom is 0.345 e. The number of nitro benzene ring substituents is 1. The summed E-state index contributed by atoms with van der Waals surface area (Å²) >= 11 is 0. The van der Waals surface area contributed by atoms with Crippen LogP contribution in [0.5, 0.6) is 11.5 Å². The van der Waals surface area contributed by atoms with Crippen LogP contribution < -0.4 is 9.47 Å². The van der Waals surface area contributed by atoms with Crippen molar-refractivity contribution in [2.75, 3.05) is 14.2 Å². The molecule has 0 amide bonds. The van der Waals surface area contributed by atoms with Crippen LogP contribution in [-0.2, 0) is 11.3 Å². The molecule has 0 N–H and O–H groups in total. The summed E-state index contributed by atoms with van der Waals surface area (Å²) in [6.45, 7) is 1.49. The average molecular weight is 398 g/mol. The maximum atomic E-state index is 12.5. The molecule has 3 aromatic rings. The van der Waals surface area contributed by atoms with Crippen molar-refractivity contribution in [3.05, 3.63) is 69.6 Å². The van der Waals surface area contributed by atoms with E-state index in [1.165, 1.54) is 20.3 Å². The average Bonchev–Trinajstić information content (AvgIpc) is 3.12. The topological polar surface area (TPSA) is 114 Å². The molecular formula is C20H18N2O7. The summed E-state index contributed by atoms with van der Waals surface area (Å²) in [5.41, 5.74) is 0.496. The number of nitro groups is 1. The molecule has 0 fully saturated rings. The normalized spacial score (nSPS) is 10.4. The van der Waals surface area contributed by atoms with Gasteiger partial charge in [-0.15, -0.1) is 0 Å². The fourth-order valence-corrected chi connectivity index (χ4v) is 2.66. The van der Waals surface area contributed by atoms with Gasteiger partial charge in [0.15, 0.2) is 11.5 Å². The first-order valence-corrected chi connectivity index (χ1v) is 8.53. The Morgan fingerprint density at radius 3 is 2.41 bits per heavy atom. The Morgan fingerprint density at radius 2 is 1.79 bits per heavy atom. The highest BCUT2D eigenvalue weighted by Crippen LogP contribution is 2.35. The predicted octanol–water partition coefficient (Wildman–Crippen LogP) is 3.93. The van der Waals surface area contributed by atoms with Crippen LogP contribution in [0.25, 0.3) is 11.5 Å². The number of rotatable bonds is 7. The first-order valence-electron chi connectivity index (χ1n) is 8.53. The van der Waals surface area contributed by atoms with Crippen molar-refractivity contribution in [2.24, 2.45) is 0 Å². The third kappa shape index (κ3) is 4.18. The molecule has 0 saturated heterocycles. The van der Waals surface area contributed by atoms with Gasteiger partial charge >= 0.3 is 5.97 Å². The van der Waals surface area contributed by atoms with Gasteiger partial charge in [0.05, 0.1) is 25.2 Å². The third-order valence-corrected chi connectivity index (χ3v) is 4.17. The number of nitrogens with zero attached hydrogens (tertiary/aromatic N) is 2. The van der Waals surface area contributed by atoms with Crippen molar-refractivity contribution in [1.82, 2.24) is 4.98 Å². The van der Waals surface area contributed by atoms with E-state index in [4.69, 9.17) is 18.6 Å². The summed E-state index contributed by atoms with van der Waals surface area (Å²) in [6.07, 6.45) is 0. The number of oxazole rings is 1. The van der Waals surface area contributed by atoms with E-state index in [1.54, 1.807) is 6.92 Å². The number of benzene rings is 2. The highest BCUT2D eigenvalue weighted by molar-refractivity contribution is 5.95. The Hall–Kier alpha value is -3.88. The summed E-state index contributed by atoms with van der Waals surface area (Å²) in [4.78, 5) is 27.5. The molecule has 0 bridgehead atoms. The van der Waals surface area contributed by atoms with Crippen LogP contribution in [0, 0.1) is 17.0 Å². The summed E-state index contributed by atoms with van der Waals surface area (Å²) < 4.78 is 21.0. The number of hydrogen-bond donors (Lipinski definition) is 0. The van der Waals surface area contributed by atoms with Gasteiger partial charge in [-0.1, -0.05) is 18.2 Å². The maximum absolute atomic E-state index is 12.5. The fraction of sp³-hybridized carbons (Fsp3) is 0.200. The highest BCUT2D eigenvalue weighted by atomic mass is 16.6. The first-order chi connectivity index (χ1) is 13.9. The quantitative estimate of drug-likeness (QED) is 0.334. The first kappa shape index (κ1) is 19.9. The molecule has 0 aliphatic carbocycles. The van der Waals surface area contributed by atoms with E-state index < -0.39 is 16.6 Å². The monoisotopic (exact) mass is 398 g/mol. The summed E-state index contributed by atoms with van der Waals surface area (Å²) in [7, 11) is 2.71. The van der Waals surface area contributed by atoms with Gasteiger partial charge in [0.2, 0.25) is 5.89 Å². The molecule has 1 aromatic heterocycles. The van der Waals surface area contributed by atoms with E-state index >= 15 is 0 Å². The second-order valence-electron chi connectivity index (χ2n) is 5.95. The second-order valence-corrected chi connectivity index (χ2v) is 5.95. The Kier molecular flexibility index (Phi) is 5.77. The lowest BCUT2D eigenvalue weighted by Gasteiger charge is -2.10. The van der Waals surface area contributed by atoms with Crippen LogP contribution in [0.3, 0.4) is 0 Å². The van der Waals surface area contributed by atoms with Crippen LogP contribution in [0.2, 0.25) is 0 Å². The fourth-order valence-electron chi connectivity index (χ4n) is 2.66. The molecule has 0 aliphatic rings. The number of hydrogen-bond acceptors (Lipinski definition) is 8. The SMILES string of the molecule is COc1cc(C(=O)OCc2nc(-c3ccccc3)oc2C)c([N+](=O)[O-])cc1OC. The standard InChI is InChI=1S/C20H18N2O7/c1-12-15(21-19(29-12)13-7-5-4-6-8-13)11-28-20(23)14-9-17(26-2)18(27-3)10-16(14)22(24)25/h4-10H,11H2,1-3H3. The summed E-state index contributed by atoms with van der Waals surface area (Å²) in [5.74, 6) is 0.302. The molecule has 9 nitrogen and oxygen atoms in total. The van der Waals surface area contributed by atoms with Gasteiger partial charge in [-0.2, -0.15) is 0 Å². The van der Waals surface area contributed by atoms with Gasteiger partial charge in [-0.3, -0.25) is 10.1 Å². The van der Waals surface area contributed by atoms with Crippen LogP contribution in [0.4, 0.5) is 5.69 Å². The van der Waals surface area contributed by atoms with Gasteiger partial charge < -0.3 is 18.6 Å². The molecule has 0 saturated carbocycles. The minimum absolute atomic E-state index is 0.135. The zero-order valence-corrected chi connectivity index (χ0v) is 16.0. The van der Waals surface area contributed by atoms with Crippen LogP contribution in [-0.4, -0.2) is 30.1 Å². The van der Waals surface area contributed by atoms with Crippen LogP contribution in [0.1, 0.15) is 21.8 Å². The smallest absolute Gasteiger partial charge is 0.345 e. The van der Waals surface area contributed by atoms with Crippen molar-refractivity contribution in [3.63, 3.8) is 0 Å². The van der Waals surface area contributed by atoms with Gasteiger partial charge in [0.1, 0.15) is 23.6 Å². The van der Waals surface area contributed by atoms with Crippen LogP contribution >= 0.6 is 0 Å². The molecule has 150 valence electrons.